The Bertz CT molecular complexity index is 519. The highest BCUT2D eigenvalue weighted by atomic mass is 16.6. The van der Waals surface area contributed by atoms with E-state index in [-0.39, 0.29) is 6.09 Å². The van der Waals surface area contributed by atoms with Gasteiger partial charge in [0, 0.05) is 46.5 Å². The molecule has 0 bridgehead atoms. The Labute approximate surface area is 130 Å². The van der Waals surface area contributed by atoms with Crippen LogP contribution in [0.3, 0.4) is 0 Å². The summed E-state index contributed by atoms with van der Waals surface area (Å²) in [6.07, 6.45) is 1.54. The van der Waals surface area contributed by atoms with E-state index in [1.54, 1.807) is 18.1 Å². The number of hydrogen-bond donors (Lipinski definition) is 1. The Kier molecular flexibility index (Phi) is 5.62. The zero-order valence-electron chi connectivity index (χ0n) is 13.4. The molecule has 2 heterocycles. The monoisotopic (exact) mass is 308 g/mol. The molecule has 0 aromatic carbocycles. The molecule has 1 saturated heterocycles. The molecule has 8 nitrogen and oxygen atoms in total. The Morgan fingerprint density at radius 1 is 1.36 bits per heavy atom. The third-order valence-electron chi connectivity index (χ3n) is 3.67. The SMILES string of the molecule is CCOC(=O)N1CCN(C(=NC)NCc2ccnn2C)CC1. The van der Waals surface area contributed by atoms with Crippen molar-refractivity contribution in [3.8, 4) is 0 Å². The fourth-order valence-corrected chi connectivity index (χ4v) is 2.39. The maximum Gasteiger partial charge on any atom is 0.409 e. The molecule has 0 saturated carbocycles. The van der Waals surface area contributed by atoms with Crippen molar-refractivity contribution < 1.29 is 9.53 Å². The summed E-state index contributed by atoms with van der Waals surface area (Å²) in [7, 11) is 3.68. The van der Waals surface area contributed by atoms with Crippen molar-refractivity contribution in [1.29, 1.82) is 0 Å². The first-order valence-electron chi connectivity index (χ1n) is 7.50. The molecule has 2 rings (SSSR count). The van der Waals surface area contributed by atoms with Gasteiger partial charge in [-0.05, 0) is 13.0 Å². The van der Waals surface area contributed by atoms with Crippen LogP contribution in [0.4, 0.5) is 4.79 Å². The van der Waals surface area contributed by atoms with Crippen LogP contribution in [-0.4, -0.2) is 71.5 Å². The van der Waals surface area contributed by atoms with Gasteiger partial charge in [-0.2, -0.15) is 5.10 Å². The first-order chi connectivity index (χ1) is 10.7. The molecule has 1 aromatic heterocycles. The summed E-state index contributed by atoms with van der Waals surface area (Å²) in [4.78, 5) is 19.9. The van der Waals surface area contributed by atoms with Gasteiger partial charge in [-0.3, -0.25) is 9.67 Å². The maximum absolute atomic E-state index is 11.7. The minimum absolute atomic E-state index is 0.236. The lowest BCUT2D eigenvalue weighted by atomic mass is 10.3. The average molecular weight is 308 g/mol. The number of guanidine groups is 1. The molecule has 1 aliphatic rings. The van der Waals surface area contributed by atoms with Crippen LogP contribution in [0, 0.1) is 0 Å². The van der Waals surface area contributed by atoms with Gasteiger partial charge in [-0.15, -0.1) is 0 Å². The molecular formula is C14H24N6O2. The molecule has 22 heavy (non-hydrogen) atoms. The number of carbonyl (C=O) groups excluding carboxylic acids is 1. The lowest BCUT2D eigenvalue weighted by molar-refractivity contribution is 0.0914. The molecule has 0 unspecified atom stereocenters. The Hall–Kier alpha value is -2.25. The van der Waals surface area contributed by atoms with Crippen LogP contribution in [0.15, 0.2) is 17.3 Å². The fourth-order valence-electron chi connectivity index (χ4n) is 2.39. The van der Waals surface area contributed by atoms with Gasteiger partial charge in [-0.25, -0.2) is 4.79 Å². The molecule has 8 heteroatoms. The van der Waals surface area contributed by atoms with Crippen molar-refractivity contribution in [2.45, 2.75) is 13.5 Å². The van der Waals surface area contributed by atoms with E-state index in [0.29, 0.717) is 26.2 Å². The number of carbonyl (C=O) groups is 1. The van der Waals surface area contributed by atoms with E-state index >= 15 is 0 Å². The van der Waals surface area contributed by atoms with Crippen LogP contribution in [0.1, 0.15) is 12.6 Å². The molecule has 1 aromatic rings. The number of aryl methyl sites for hydroxylation is 1. The van der Waals surface area contributed by atoms with Crippen LogP contribution in [0.25, 0.3) is 0 Å². The molecule has 122 valence electrons. The van der Waals surface area contributed by atoms with E-state index in [1.807, 2.05) is 24.7 Å². The predicted octanol–water partition coefficient (Wildman–Crippen LogP) is 0.270. The van der Waals surface area contributed by atoms with Gasteiger partial charge < -0.3 is 19.9 Å². The molecule has 0 aliphatic carbocycles. The maximum atomic E-state index is 11.7. The number of ether oxygens (including phenoxy) is 1. The van der Waals surface area contributed by atoms with Crippen molar-refractivity contribution in [3.05, 3.63) is 18.0 Å². The smallest absolute Gasteiger partial charge is 0.409 e. The van der Waals surface area contributed by atoms with Gasteiger partial charge in [0.25, 0.3) is 0 Å². The van der Waals surface area contributed by atoms with E-state index in [9.17, 15) is 4.79 Å². The van der Waals surface area contributed by atoms with Crippen molar-refractivity contribution in [2.75, 3.05) is 39.8 Å². The zero-order chi connectivity index (χ0) is 15.9. The molecule has 1 amide bonds. The van der Waals surface area contributed by atoms with E-state index in [2.05, 4.69) is 20.3 Å². The summed E-state index contributed by atoms with van der Waals surface area (Å²) >= 11 is 0. The normalized spacial score (nSPS) is 15.9. The van der Waals surface area contributed by atoms with Crippen LogP contribution < -0.4 is 5.32 Å². The predicted molar refractivity (Wildman–Crippen MR) is 83.6 cm³/mol. The van der Waals surface area contributed by atoms with Crippen molar-refractivity contribution in [2.24, 2.45) is 12.0 Å². The van der Waals surface area contributed by atoms with Crippen LogP contribution >= 0.6 is 0 Å². The highest BCUT2D eigenvalue weighted by Gasteiger charge is 2.23. The highest BCUT2D eigenvalue weighted by Crippen LogP contribution is 2.05. The van der Waals surface area contributed by atoms with Gasteiger partial charge in [-0.1, -0.05) is 0 Å². The van der Waals surface area contributed by atoms with Crippen molar-refractivity contribution in [3.63, 3.8) is 0 Å². The van der Waals surface area contributed by atoms with Crippen LogP contribution in [-0.2, 0) is 18.3 Å². The summed E-state index contributed by atoms with van der Waals surface area (Å²) in [6, 6.07) is 1.97. The third kappa shape index (κ3) is 3.90. The number of piperazine rings is 1. The zero-order valence-corrected chi connectivity index (χ0v) is 13.4. The highest BCUT2D eigenvalue weighted by molar-refractivity contribution is 5.80. The average Bonchev–Trinajstić information content (AvgIpc) is 2.94. The second kappa shape index (κ2) is 7.67. The van der Waals surface area contributed by atoms with Gasteiger partial charge in [0.15, 0.2) is 5.96 Å². The number of hydrogen-bond acceptors (Lipinski definition) is 4. The summed E-state index contributed by atoms with van der Waals surface area (Å²) in [5.74, 6) is 0.838. The Balaban J connectivity index is 1.83. The van der Waals surface area contributed by atoms with E-state index < -0.39 is 0 Å². The second-order valence-corrected chi connectivity index (χ2v) is 5.02. The fraction of sp³-hybridized carbons (Fsp3) is 0.643. The minimum Gasteiger partial charge on any atom is -0.450 e. The van der Waals surface area contributed by atoms with Gasteiger partial charge in [0.2, 0.25) is 0 Å². The van der Waals surface area contributed by atoms with Gasteiger partial charge in [0.05, 0.1) is 18.8 Å². The molecule has 0 spiro atoms. The van der Waals surface area contributed by atoms with Crippen molar-refractivity contribution >= 4 is 12.1 Å². The third-order valence-corrected chi connectivity index (χ3v) is 3.67. The number of nitrogens with one attached hydrogen (secondary N) is 1. The first kappa shape index (κ1) is 16.1. The topological polar surface area (TPSA) is 75.0 Å². The van der Waals surface area contributed by atoms with Crippen LogP contribution in [0.5, 0.6) is 0 Å². The largest absolute Gasteiger partial charge is 0.450 e. The molecule has 1 aliphatic heterocycles. The summed E-state index contributed by atoms with van der Waals surface area (Å²) < 4.78 is 6.86. The number of rotatable bonds is 3. The van der Waals surface area contributed by atoms with Gasteiger partial charge >= 0.3 is 6.09 Å². The first-order valence-corrected chi connectivity index (χ1v) is 7.50. The van der Waals surface area contributed by atoms with E-state index in [0.717, 1.165) is 24.7 Å². The van der Waals surface area contributed by atoms with Crippen molar-refractivity contribution in [1.82, 2.24) is 24.9 Å². The molecule has 1 fully saturated rings. The molecule has 1 N–H and O–H groups in total. The Morgan fingerprint density at radius 2 is 2.05 bits per heavy atom. The Morgan fingerprint density at radius 3 is 2.59 bits per heavy atom. The van der Waals surface area contributed by atoms with E-state index in [1.165, 1.54) is 0 Å². The molecule has 0 atom stereocenters. The second-order valence-electron chi connectivity index (χ2n) is 5.02. The summed E-state index contributed by atoms with van der Waals surface area (Å²) in [5, 5.41) is 7.48. The quantitative estimate of drug-likeness (QED) is 0.641. The number of amides is 1. The lowest BCUT2D eigenvalue weighted by Crippen LogP contribution is -2.53. The number of aromatic nitrogens is 2. The summed E-state index contributed by atoms with van der Waals surface area (Å²) in [5.41, 5.74) is 1.09. The van der Waals surface area contributed by atoms with Crippen LogP contribution in [0.2, 0.25) is 0 Å². The number of aliphatic imine (C=N–C) groups is 1. The standard InChI is InChI=1S/C14H24N6O2/c1-4-22-14(21)20-9-7-19(8-10-20)13(15-2)16-11-12-5-6-17-18(12)3/h5-6H,4,7-11H2,1-3H3,(H,15,16). The molecular weight excluding hydrogens is 284 g/mol. The van der Waals surface area contributed by atoms with Gasteiger partial charge in [0.1, 0.15) is 0 Å². The number of nitrogens with zero attached hydrogens (tertiary/aromatic N) is 5. The summed E-state index contributed by atoms with van der Waals surface area (Å²) in [6.45, 7) is 5.66. The minimum atomic E-state index is -0.236. The molecule has 0 radical (unpaired) electrons. The van der Waals surface area contributed by atoms with E-state index in [4.69, 9.17) is 4.74 Å². The lowest BCUT2D eigenvalue weighted by Gasteiger charge is -2.35.